The number of hydrogen-bond donors (Lipinski definition) is 1. The number of nitrogens with zero attached hydrogens (tertiary/aromatic N) is 4. The van der Waals surface area contributed by atoms with Crippen LogP contribution < -0.4 is 5.32 Å². The van der Waals surface area contributed by atoms with Crippen molar-refractivity contribution in [3.63, 3.8) is 0 Å². The maximum absolute atomic E-state index is 14.2. The van der Waals surface area contributed by atoms with Gasteiger partial charge in [0.15, 0.2) is 11.6 Å². The summed E-state index contributed by atoms with van der Waals surface area (Å²) >= 11 is 0. The maximum Gasteiger partial charge on any atom is 0.186 e. The first-order valence-electron chi connectivity index (χ1n) is 8.08. The molecule has 0 spiro atoms. The van der Waals surface area contributed by atoms with Crippen molar-refractivity contribution in [1.82, 2.24) is 19.5 Å². The minimum absolute atomic E-state index is 0.0419. The third-order valence-electron chi connectivity index (χ3n) is 4.23. The summed E-state index contributed by atoms with van der Waals surface area (Å²) in [5.74, 6) is 1.64. The summed E-state index contributed by atoms with van der Waals surface area (Å²) in [5, 5.41) is 3.24. The lowest BCUT2D eigenvalue weighted by Crippen LogP contribution is -2.32. The molecule has 0 unspecified atom stereocenters. The van der Waals surface area contributed by atoms with E-state index < -0.39 is 0 Å². The smallest absolute Gasteiger partial charge is 0.186 e. The summed E-state index contributed by atoms with van der Waals surface area (Å²) in [4.78, 5) is 13.0. The van der Waals surface area contributed by atoms with Gasteiger partial charge in [-0.05, 0) is 20.3 Å². The van der Waals surface area contributed by atoms with Crippen LogP contribution in [0, 0.1) is 19.7 Å². The SMILES string of the molecule is Cc1nc(C)c(F)c(N[C@H]2CCc3nc(C(C)(C)C)cn3C2)n1. The van der Waals surface area contributed by atoms with Crippen LogP contribution in [-0.4, -0.2) is 25.6 Å². The van der Waals surface area contributed by atoms with Gasteiger partial charge in [-0.15, -0.1) is 0 Å². The van der Waals surface area contributed by atoms with Crippen LogP contribution in [0.4, 0.5) is 10.2 Å². The molecule has 0 amide bonds. The molecule has 0 radical (unpaired) electrons. The molecule has 0 bridgehead atoms. The van der Waals surface area contributed by atoms with Gasteiger partial charge in [-0.25, -0.2) is 19.3 Å². The van der Waals surface area contributed by atoms with Gasteiger partial charge >= 0.3 is 0 Å². The molecule has 3 heterocycles. The standard InChI is InChI=1S/C17H24FN5/c1-10-15(18)16(20-11(2)19-10)21-12-6-7-14-22-13(17(3,4)5)9-23(14)8-12/h9,12H,6-8H2,1-5H3,(H,19,20,21)/t12-/m0/s1. The molecule has 1 atom stereocenters. The zero-order chi connectivity index (χ0) is 16.8. The first kappa shape index (κ1) is 15.9. The molecule has 23 heavy (non-hydrogen) atoms. The molecular weight excluding hydrogens is 293 g/mol. The average Bonchev–Trinajstić information content (AvgIpc) is 2.87. The Bertz CT molecular complexity index is 729. The second-order valence-electron chi connectivity index (χ2n) is 7.34. The monoisotopic (exact) mass is 317 g/mol. The predicted octanol–water partition coefficient (Wildman–Crippen LogP) is 3.15. The molecule has 2 aromatic rings. The number of hydrogen-bond acceptors (Lipinski definition) is 4. The topological polar surface area (TPSA) is 55.6 Å². The maximum atomic E-state index is 14.2. The van der Waals surface area contributed by atoms with Crippen LogP contribution in [0.15, 0.2) is 6.20 Å². The number of fused-ring (bicyclic) bond motifs is 1. The van der Waals surface area contributed by atoms with Gasteiger partial charge in [0, 0.05) is 30.6 Å². The fourth-order valence-electron chi connectivity index (χ4n) is 2.91. The van der Waals surface area contributed by atoms with Gasteiger partial charge in [-0.2, -0.15) is 0 Å². The predicted molar refractivity (Wildman–Crippen MR) is 88.1 cm³/mol. The van der Waals surface area contributed by atoms with Crippen molar-refractivity contribution in [3.8, 4) is 0 Å². The van der Waals surface area contributed by atoms with E-state index in [1.54, 1.807) is 13.8 Å². The quantitative estimate of drug-likeness (QED) is 0.924. The van der Waals surface area contributed by atoms with Crippen LogP contribution in [0.3, 0.4) is 0 Å². The number of halogens is 1. The molecule has 5 nitrogen and oxygen atoms in total. The Morgan fingerprint density at radius 1 is 1.22 bits per heavy atom. The summed E-state index contributed by atoms with van der Waals surface area (Å²) in [6, 6.07) is 0.146. The Morgan fingerprint density at radius 3 is 2.65 bits per heavy atom. The van der Waals surface area contributed by atoms with E-state index in [9.17, 15) is 4.39 Å². The minimum atomic E-state index is -0.359. The van der Waals surface area contributed by atoms with E-state index in [0.29, 0.717) is 17.3 Å². The molecule has 0 saturated carbocycles. The van der Waals surface area contributed by atoms with Gasteiger partial charge < -0.3 is 9.88 Å². The van der Waals surface area contributed by atoms with Crippen molar-refractivity contribution >= 4 is 5.82 Å². The molecule has 2 aromatic heterocycles. The molecule has 1 N–H and O–H groups in total. The largest absolute Gasteiger partial charge is 0.363 e. The average molecular weight is 317 g/mol. The van der Waals surface area contributed by atoms with E-state index in [4.69, 9.17) is 4.98 Å². The van der Waals surface area contributed by atoms with Gasteiger partial charge in [0.1, 0.15) is 11.6 Å². The summed E-state index contributed by atoms with van der Waals surface area (Å²) in [6.07, 6.45) is 3.93. The molecular formula is C17H24FN5. The lowest BCUT2D eigenvalue weighted by atomic mass is 9.93. The van der Waals surface area contributed by atoms with Crippen molar-refractivity contribution in [2.45, 2.75) is 65.5 Å². The van der Waals surface area contributed by atoms with Crippen LogP contribution in [0.1, 0.15) is 50.2 Å². The van der Waals surface area contributed by atoms with E-state index in [1.807, 2.05) is 0 Å². The molecule has 0 fully saturated rings. The summed E-state index contributed by atoms with van der Waals surface area (Å²) in [5.41, 5.74) is 1.53. The second-order valence-corrected chi connectivity index (χ2v) is 7.34. The number of aromatic nitrogens is 4. The van der Waals surface area contributed by atoms with E-state index in [-0.39, 0.29) is 17.3 Å². The highest BCUT2D eigenvalue weighted by molar-refractivity contribution is 5.39. The molecule has 6 heteroatoms. The Hall–Kier alpha value is -1.98. The van der Waals surface area contributed by atoms with Crippen molar-refractivity contribution in [2.24, 2.45) is 0 Å². The number of nitrogens with one attached hydrogen (secondary N) is 1. The molecule has 1 aliphatic heterocycles. The van der Waals surface area contributed by atoms with Gasteiger partial charge in [-0.1, -0.05) is 20.8 Å². The van der Waals surface area contributed by atoms with Crippen LogP contribution in [0.25, 0.3) is 0 Å². The lowest BCUT2D eigenvalue weighted by molar-refractivity contribution is 0.471. The van der Waals surface area contributed by atoms with Crippen LogP contribution in [-0.2, 0) is 18.4 Å². The van der Waals surface area contributed by atoms with Gasteiger partial charge in [0.05, 0.1) is 11.4 Å². The number of rotatable bonds is 2. The van der Waals surface area contributed by atoms with E-state index in [1.165, 1.54) is 0 Å². The minimum Gasteiger partial charge on any atom is -0.363 e. The van der Waals surface area contributed by atoms with E-state index in [2.05, 4.69) is 46.8 Å². The Balaban J connectivity index is 1.79. The highest BCUT2D eigenvalue weighted by Gasteiger charge is 2.25. The molecule has 124 valence electrons. The summed E-state index contributed by atoms with van der Waals surface area (Å²) < 4.78 is 16.4. The molecule has 3 rings (SSSR count). The molecule has 0 aromatic carbocycles. The van der Waals surface area contributed by atoms with Crippen molar-refractivity contribution in [3.05, 3.63) is 35.1 Å². The lowest BCUT2D eigenvalue weighted by Gasteiger charge is -2.25. The zero-order valence-corrected chi connectivity index (χ0v) is 14.4. The number of imidazole rings is 1. The highest BCUT2D eigenvalue weighted by atomic mass is 19.1. The first-order valence-corrected chi connectivity index (χ1v) is 8.08. The molecule has 0 aliphatic carbocycles. The highest BCUT2D eigenvalue weighted by Crippen LogP contribution is 2.25. The zero-order valence-electron chi connectivity index (χ0n) is 14.4. The van der Waals surface area contributed by atoms with Gasteiger partial charge in [0.25, 0.3) is 0 Å². The second kappa shape index (κ2) is 5.58. The normalized spacial score (nSPS) is 17.9. The van der Waals surface area contributed by atoms with Crippen LogP contribution in [0.2, 0.25) is 0 Å². The first-order chi connectivity index (χ1) is 10.7. The van der Waals surface area contributed by atoms with Crippen molar-refractivity contribution < 1.29 is 4.39 Å². The third kappa shape index (κ3) is 3.21. The van der Waals surface area contributed by atoms with Gasteiger partial charge in [0.2, 0.25) is 0 Å². The Kier molecular flexibility index (Phi) is 3.86. The summed E-state index contributed by atoms with van der Waals surface area (Å²) in [7, 11) is 0. The third-order valence-corrected chi connectivity index (χ3v) is 4.23. The van der Waals surface area contributed by atoms with E-state index >= 15 is 0 Å². The fourth-order valence-corrected chi connectivity index (χ4v) is 2.91. The number of aryl methyl sites for hydroxylation is 3. The van der Waals surface area contributed by atoms with Gasteiger partial charge in [-0.3, -0.25) is 0 Å². The molecule has 1 aliphatic rings. The Labute approximate surface area is 136 Å². The van der Waals surface area contributed by atoms with Crippen molar-refractivity contribution in [1.29, 1.82) is 0 Å². The number of anilines is 1. The van der Waals surface area contributed by atoms with E-state index in [0.717, 1.165) is 30.9 Å². The van der Waals surface area contributed by atoms with Crippen LogP contribution >= 0.6 is 0 Å². The summed E-state index contributed by atoms with van der Waals surface area (Å²) in [6.45, 7) is 10.7. The Morgan fingerprint density at radius 2 is 1.96 bits per heavy atom. The van der Waals surface area contributed by atoms with Crippen molar-refractivity contribution in [2.75, 3.05) is 5.32 Å². The molecule has 0 saturated heterocycles. The van der Waals surface area contributed by atoms with Crippen LogP contribution in [0.5, 0.6) is 0 Å². The fraction of sp³-hybridized carbons (Fsp3) is 0.588.